The second kappa shape index (κ2) is 9.73. The first-order valence-electron chi connectivity index (χ1n) is 11.7. The maximum absolute atomic E-state index is 14.5. The molecule has 8 heteroatoms. The van der Waals surface area contributed by atoms with Crippen molar-refractivity contribution in [1.29, 1.82) is 0 Å². The second-order valence-corrected chi connectivity index (χ2v) is 8.84. The average molecular weight is 485 g/mol. The van der Waals surface area contributed by atoms with Gasteiger partial charge in [0, 0.05) is 17.8 Å². The van der Waals surface area contributed by atoms with Crippen molar-refractivity contribution < 1.29 is 19.0 Å². The molecule has 5 rings (SSSR count). The second-order valence-electron chi connectivity index (χ2n) is 8.84. The monoisotopic (exact) mass is 484 g/mol. The molecule has 0 atom stereocenters. The van der Waals surface area contributed by atoms with Crippen molar-refractivity contribution in [3.63, 3.8) is 0 Å². The predicted molar refractivity (Wildman–Crippen MR) is 136 cm³/mol. The Kier molecular flexibility index (Phi) is 6.33. The van der Waals surface area contributed by atoms with Gasteiger partial charge in [-0.3, -0.25) is 5.10 Å². The molecule has 1 saturated carbocycles. The van der Waals surface area contributed by atoms with Gasteiger partial charge in [0.2, 0.25) is 5.95 Å². The molecule has 1 aliphatic carbocycles. The number of hydrogen-bond donors (Lipinski definition) is 2. The van der Waals surface area contributed by atoms with Crippen LogP contribution in [0.1, 0.15) is 47.2 Å². The quantitative estimate of drug-likeness (QED) is 0.328. The normalized spacial score (nSPS) is 14.6. The van der Waals surface area contributed by atoms with Gasteiger partial charge in [0.25, 0.3) is 0 Å². The minimum absolute atomic E-state index is 0.298. The highest BCUT2D eigenvalue weighted by Gasteiger charge is 2.29. The molecule has 2 heterocycles. The third-order valence-electron chi connectivity index (χ3n) is 6.63. The van der Waals surface area contributed by atoms with Gasteiger partial charge in [-0.05, 0) is 71.7 Å². The molecule has 0 radical (unpaired) electrons. The molecule has 0 saturated heterocycles. The van der Waals surface area contributed by atoms with Crippen LogP contribution >= 0.6 is 0 Å². The number of nitrogens with one attached hydrogen (secondary N) is 1. The van der Waals surface area contributed by atoms with Crippen LogP contribution in [0.5, 0.6) is 6.01 Å². The summed E-state index contributed by atoms with van der Waals surface area (Å²) in [6, 6.07) is 13.6. The number of fused-ring (bicyclic) bond motifs is 1. The van der Waals surface area contributed by atoms with E-state index in [0.717, 1.165) is 64.4 Å². The van der Waals surface area contributed by atoms with Gasteiger partial charge in [-0.15, -0.1) is 0 Å². The summed E-state index contributed by atoms with van der Waals surface area (Å²) in [5, 5.41) is 15.8. The van der Waals surface area contributed by atoms with Crippen molar-refractivity contribution in [2.75, 3.05) is 7.11 Å². The molecule has 36 heavy (non-hydrogen) atoms. The summed E-state index contributed by atoms with van der Waals surface area (Å²) in [6.07, 6.45) is 7.66. The summed E-state index contributed by atoms with van der Waals surface area (Å²) in [6.45, 7) is 1.94. The van der Waals surface area contributed by atoms with E-state index in [1.807, 2.05) is 49.4 Å². The van der Waals surface area contributed by atoms with E-state index in [2.05, 4.69) is 20.2 Å². The third kappa shape index (κ3) is 4.49. The van der Waals surface area contributed by atoms with Crippen molar-refractivity contribution in [2.45, 2.75) is 26.2 Å². The molecule has 2 aromatic heterocycles. The number of hydrogen-bond acceptors (Lipinski definition) is 5. The Balaban J connectivity index is 1.76. The number of halogens is 1. The first kappa shape index (κ1) is 23.4. The van der Waals surface area contributed by atoms with E-state index in [-0.39, 0.29) is 0 Å². The molecule has 0 spiro atoms. The number of aliphatic carboxylic acids is 1. The number of aromatic nitrogens is 4. The standard InChI is InChI=1S/C28H25FN4O3/c1-16-22(15-30-28(31-16)36-2)26(18-4-3-5-18)25(19-9-6-17(7-10-19)8-13-24(34)35)20-11-12-23-21(14-20)27(29)33-32-23/h6-15,18H,3-5H2,1-2H3,(H,32,33)(H,34,35)/b13-8+,26-25+. The van der Waals surface area contributed by atoms with Gasteiger partial charge >= 0.3 is 12.0 Å². The van der Waals surface area contributed by atoms with E-state index in [0.29, 0.717) is 22.8 Å². The molecular formula is C28H25FN4O3. The highest BCUT2D eigenvalue weighted by Crippen LogP contribution is 2.46. The first-order chi connectivity index (χ1) is 17.4. The van der Waals surface area contributed by atoms with Crippen LogP contribution < -0.4 is 4.74 Å². The van der Waals surface area contributed by atoms with E-state index in [1.54, 1.807) is 12.3 Å². The fraction of sp³-hybridized carbons (Fsp3) is 0.214. The number of carboxylic acids is 1. The molecule has 7 nitrogen and oxygen atoms in total. The molecule has 4 aromatic rings. The van der Waals surface area contributed by atoms with Crippen molar-refractivity contribution in [1.82, 2.24) is 20.2 Å². The number of H-pyrrole nitrogens is 1. The highest BCUT2D eigenvalue weighted by atomic mass is 19.1. The maximum atomic E-state index is 14.5. The van der Waals surface area contributed by atoms with Crippen LogP contribution in [0.25, 0.3) is 28.1 Å². The lowest BCUT2D eigenvalue weighted by molar-refractivity contribution is -0.131. The number of ether oxygens (including phenoxy) is 1. The number of allylic oxidation sites excluding steroid dienone is 1. The van der Waals surface area contributed by atoms with E-state index in [1.165, 1.54) is 7.11 Å². The Bertz CT molecular complexity index is 1500. The van der Waals surface area contributed by atoms with Crippen molar-refractivity contribution in [3.05, 3.63) is 88.6 Å². The number of rotatable bonds is 7. The Hall–Kier alpha value is -4.33. The van der Waals surface area contributed by atoms with E-state index < -0.39 is 11.9 Å². The summed E-state index contributed by atoms with van der Waals surface area (Å²) >= 11 is 0. The lowest BCUT2D eigenvalue weighted by Gasteiger charge is -2.32. The largest absolute Gasteiger partial charge is 0.478 e. The summed E-state index contributed by atoms with van der Waals surface area (Å²) < 4.78 is 19.7. The maximum Gasteiger partial charge on any atom is 0.328 e. The predicted octanol–water partition coefficient (Wildman–Crippen LogP) is 5.67. The minimum atomic E-state index is -1.00. The summed E-state index contributed by atoms with van der Waals surface area (Å²) in [7, 11) is 1.54. The molecule has 0 bridgehead atoms. The van der Waals surface area contributed by atoms with E-state index in [9.17, 15) is 9.18 Å². The molecule has 0 aliphatic heterocycles. The van der Waals surface area contributed by atoms with Gasteiger partial charge in [-0.2, -0.15) is 14.5 Å². The summed E-state index contributed by atoms with van der Waals surface area (Å²) in [5.41, 5.74) is 6.92. The summed E-state index contributed by atoms with van der Waals surface area (Å²) in [5.74, 6) is -1.18. The number of carboxylic acid groups (broad SMARTS) is 1. The van der Waals surface area contributed by atoms with Crippen LogP contribution in [0.3, 0.4) is 0 Å². The fourth-order valence-corrected chi connectivity index (χ4v) is 4.60. The first-order valence-corrected chi connectivity index (χ1v) is 11.7. The van der Waals surface area contributed by atoms with Crippen LogP contribution in [0.4, 0.5) is 4.39 Å². The number of aromatic amines is 1. The van der Waals surface area contributed by atoms with E-state index >= 15 is 0 Å². The lowest BCUT2D eigenvalue weighted by atomic mass is 9.73. The topological polar surface area (TPSA) is 101 Å². The zero-order valence-corrected chi connectivity index (χ0v) is 20.0. The van der Waals surface area contributed by atoms with Gasteiger partial charge in [-0.25, -0.2) is 9.78 Å². The molecule has 0 unspecified atom stereocenters. The van der Waals surface area contributed by atoms with Crippen LogP contribution in [-0.4, -0.2) is 38.4 Å². The van der Waals surface area contributed by atoms with Crippen molar-refractivity contribution >= 4 is 34.1 Å². The third-order valence-corrected chi connectivity index (χ3v) is 6.63. The average Bonchev–Trinajstić information content (AvgIpc) is 3.22. The summed E-state index contributed by atoms with van der Waals surface area (Å²) in [4.78, 5) is 19.8. The molecular weight excluding hydrogens is 459 g/mol. The Morgan fingerprint density at radius 1 is 1.17 bits per heavy atom. The molecule has 1 fully saturated rings. The van der Waals surface area contributed by atoms with E-state index in [4.69, 9.17) is 9.84 Å². The van der Waals surface area contributed by atoms with Crippen LogP contribution in [0.2, 0.25) is 0 Å². The highest BCUT2D eigenvalue weighted by molar-refractivity contribution is 6.01. The number of aryl methyl sites for hydroxylation is 1. The minimum Gasteiger partial charge on any atom is -0.478 e. The van der Waals surface area contributed by atoms with Crippen LogP contribution in [-0.2, 0) is 4.79 Å². The zero-order valence-electron chi connectivity index (χ0n) is 20.0. The van der Waals surface area contributed by atoms with Crippen molar-refractivity contribution in [3.8, 4) is 6.01 Å². The molecule has 182 valence electrons. The van der Waals surface area contributed by atoms with Gasteiger partial charge < -0.3 is 9.84 Å². The number of carbonyl (C=O) groups is 1. The molecule has 2 N–H and O–H groups in total. The van der Waals surface area contributed by atoms with Gasteiger partial charge in [0.05, 0.1) is 23.7 Å². The fourth-order valence-electron chi connectivity index (χ4n) is 4.60. The van der Waals surface area contributed by atoms with Gasteiger partial charge in [0.15, 0.2) is 0 Å². The SMILES string of the molecule is COc1ncc(/C(=C(\c2ccc(/C=C/C(=O)O)cc2)c2ccc3n[nH]c(F)c3c2)C2CCC2)c(C)n1. The van der Waals surface area contributed by atoms with Gasteiger partial charge in [0.1, 0.15) is 0 Å². The molecule has 1 aliphatic rings. The number of nitrogens with zero attached hydrogens (tertiary/aromatic N) is 3. The van der Waals surface area contributed by atoms with Gasteiger partial charge in [-0.1, -0.05) is 36.8 Å². The van der Waals surface area contributed by atoms with Crippen molar-refractivity contribution in [2.24, 2.45) is 5.92 Å². The zero-order chi connectivity index (χ0) is 25.2. The smallest absolute Gasteiger partial charge is 0.328 e. The Morgan fingerprint density at radius 3 is 2.56 bits per heavy atom. The molecule has 0 amide bonds. The van der Waals surface area contributed by atoms with Crippen LogP contribution in [0.15, 0.2) is 54.7 Å². The number of benzene rings is 2. The Labute approximate surface area is 207 Å². The molecule has 2 aromatic carbocycles. The lowest BCUT2D eigenvalue weighted by Crippen LogP contribution is -2.16. The number of methoxy groups -OCH3 is 1. The van der Waals surface area contributed by atoms with Crippen LogP contribution in [0, 0.1) is 18.8 Å². The Morgan fingerprint density at radius 2 is 1.92 bits per heavy atom.